The summed E-state index contributed by atoms with van der Waals surface area (Å²) < 4.78 is 0. The molecule has 2 N–H and O–H groups in total. The third-order valence-electron chi connectivity index (χ3n) is 9.42. The molecule has 0 aromatic heterocycles. The number of hydrogen-bond donors (Lipinski definition) is 2. The summed E-state index contributed by atoms with van der Waals surface area (Å²) in [6.45, 7) is 8.17. The Kier molecular flexibility index (Phi) is 3.57. The molecule has 0 aromatic carbocycles. The highest BCUT2D eigenvalue weighted by Crippen LogP contribution is 2.67. The second kappa shape index (κ2) is 5.33. The van der Waals surface area contributed by atoms with Crippen molar-refractivity contribution in [1.82, 2.24) is 4.90 Å². The first-order valence-corrected chi connectivity index (χ1v) is 10.7. The topological polar surface area (TPSA) is 43.5 Å². The molecule has 5 aliphatic rings. The standard InChI is InChI=1S/C22H35NO2/c1-20-8-5-16(24)13-15(20)3-4-17-18(20)6-9-21(2)19(17)7-10-22(21,25)14-23-11-12-23/h3,16-19,24-25H,4-14H2,1-2H3/t16?,17?,18?,19?,20-,21-,22+/m1/s1. The molecule has 4 aliphatic carbocycles. The van der Waals surface area contributed by atoms with E-state index in [1.165, 1.54) is 38.8 Å². The first-order chi connectivity index (χ1) is 11.9. The average Bonchev–Trinajstić information content (AvgIpc) is 3.33. The molecule has 25 heavy (non-hydrogen) atoms. The minimum atomic E-state index is -0.465. The van der Waals surface area contributed by atoms with Gasteiger partial charge in [-0.05, 0) is 74.5 Å². The molecule has 4 unspecified atom stereocenters. The van der Waals surface area contributed by atoms with Crippen molar-refractivity contribution in [2.45, 2.75) is 76.9 Å². The number of β-amino-alcohol motifs (C(OH)–C–C–N with tert-alkyl or cyclic N) is 1. The zero-order valence-electron chi connectivity index (χ0n) is 16.0. The largest absolute Gasteiger partial charge is 0.393 e. The number of aliphatic hydroxyl groups excluding tert-OH is 1. The van der Waals surface area contributed by atoms with Gasteiger partial charge in [-0.15, -0.1) is 0 Å². The Morgan fingerprint density at radius 1 is 1.08 bits per heavy atom. The van der Waals surface area contributed by atoms with Crippen LogP contribution >= 0.6 is 0 Å². The number of rotatable bonds is 2. The van der Waals surface area contributed by atoms with Crippen molar-refractivity contribution in [3.8, 4) is 0 Å². The summed E-state index contributed by atoms with van der Waals surface area (Å²) in [7, 11) is 0. The van der Waals surface area contributed by atoms with Crippen LogP contribution in [0.2, 0.25) is 0 Å². The Morgan fingerprint density at radius 3 is 2.60 bits per heavy atom. The summed E-state index contributed by atoms with van der Waals surface area (Å²) in [6, 6.07) is 0. The summed E-state index contributed by atoms with van der Waals surface area (Å²) in [5, 5.41) is 21.7. The Morgan fingerprint density at radius 2 is 1.84 bits per heavy atom. The summed E-state index contributed by atoms with van der Waals surface area (Å²) >= 11 is 0. The molecule has 3 nitrogen and oxygen atoms in total. The van der Waals surface area contributed by atoms with E-state index in [0.29, 0.717) is 11.3 Å². The molecule has 140 valence electrons. The van der Waals surface area contributed by atoms with E-state index in [2.05, 4.69) is 24.8 Å². The zero-order chi connectivity index (χ0) is 17.4. The van der Waals surface area contributed by atoms with E-state index in [0.717, 1.165) is 44.1 Å². The van der Waals surface area contributed by atoms with Crippen LogP contribution in [0.25, 0.3) is 0 Å². The van der Waals surface area contributed by atoms with Gasteiger partial charge in [0.15, 0.2) is 0 Å². The fourth-order valence-corrected chi connectivity index (χ4v) is 7.61. The zero-order valence-corrected chi connectivity index (χ0v) is 16.0. The lowest BCUT2D eigenvalue weighted by molar-refractivity contribution is -0.128. The molecule has 0 amide bonds. The van der Waals surface area contributed by atoms with Crippen LogP contribution < -0.4 is 0 Å². The number of nitrogens with zero attached hydrogens (tertiary/aromatic N) is 1. The highest BCUT2D eigenvalue weighted by Gasteiger charge is 2.64. The molecule has 1 heterocycles. The van der Waals surface area contributed by atoms with Crippen molar-refractivity contribution < 1.29 is 10.2 Å². The molecule has 0 radical (unpaired) electrons. The van der Waals surface area contributed by atoms with Gasteiger partial charge in [0.2, 0.25) is 0 Å². The van der Waals surface area contributed by atoms with Gasteiger partial charge < -0.3 is 10.2 Å². The molecule has 3 saturated carbocycles. The quantitative estimate of drug-likeness (QED) is 0.596. The summed E-state index contributed by atoms with van der Waals surface area (Å²) in [5.74, 6) is 2.19. The molecular formula is C22H35NO2. The maximum Gasteiger partial charge on any atom is 0.0830 e. The number of allylic oxidation sites excluding steroid dienone is 1. The lowest BCUT2D eigenvalue weighted by Gasteiger charge is -2.59. The number of aliphatic hydroxyl groups is 2. The summed E-state index contributed by atoms with van der Waals surface area (Å²) in [5.41, 5.74) is 1.50. The second-order valence-electron chi connectivity index (χ2n) is 10.5. The van der Waals surface area contributed by atoms with E-state index >= 15 is 0 Å². The minimum absolute atomic E-state index is 0.104. The van der Waals surface area contributed by atoms with E-state index in [1.807, 2.05) is 0 Å². The van der Waals surface area contributed by atoms with Gasteiger partial charge in [0.05, 0.1) is 11.7 Å². The van der Waals surface area contributed by atoms with Crippen LogP contribution in [0.3, 0.4) is 0 Å². The van der Waals surface area contributed by atoms with Gasteiger partial charge in [-0.1, -0.05) is 25.5 Å². The van der Waals surface area contributed by atoms with E-state index in [-0.39, 0.29) is 11.5 Å². The maximum absolute atomic E-state index is 11.6. The monoisotopic (exact) mass is 345 g/mol. The van der Waals surface area contributed by atoms with Gasteiger partial charge in [-0.25, -0.2) is 0 Å². The molecular weight excluding hydrogens is 310 g/mol. The fraction of sp³-hybridized carbons (Fsp3) is 0.909. The minimum Gasteiger partial charge on any atom is -0.393 e. The predicted octanol–water partition coefficient (Wildman–Crippen LogP) is 3.36. The third-order valence-corrected chi connectivity index (χ3v) is 9.42. The lowest BCUT2D eigenvalue weighted by Crippen LogP contribution is -2.56. The summed E-state index contributed by atoms with van der Waals surface area (Å²) in [6.07, 6.45) is 11.3. The molecule has 4 fully saturated rings. The Labute approximate surface area is 152 Å². The van der Waals surface area contributed by atoms with Crippen LogP contribution in [0.5, 0.6) is 0 Å². The molecule has 0 spiro atoms. The average molecular weight is 346 g/mol. The third kappa shape index (κ3) is 2.28. The SMILES string of the molecule is C[C@@]12CCC(O)CC1=CCC1C2CC[C@]2(C)C1CC[C@]2(O)CN1CC1. The lowest BCUT2D eigenvalue weighted by atomic mass is 9.47. The van der Waals surface area contributed by atoms with Gasteiger partial charge in [-0.3, -0.25) is 4.90 Å². The van der Waals surface area contributed by atoms with Gasteiger partial charge in [-0.2, -0.15) is 0 Å². The predicted molar refractivity (Wildman–Crippen MR) is 99.1 cm³/mol. The van der Waals surface area contributed by atoms with Gasteiger partial charge in [0.25, 0.3) is 0 Å². The second-order valence-corrected chi connectivity index (χ2v) is 10.5. The van der Waals surface area contributed by atoms with E-state index < -0.39 is 5.60 Å². The first-order valence-electron chi connectivity index (χ1n) is 10.7. The van der Waals surface area contributed by atoms with Crippen molar-refractivity contribution in [1.29, 1.82) is 0 Å². The Hall–Kier alpha value is -0.380. The molecule has 0 aromatic rings. The maximum atomic E-state index is 11.6. The smallest absolute Gasteiger partial charge is 0.0830 e. The van der Waals surface area contributed by atoms with Crippen LogP contribution in [0.15, 0.2) is 11.6 Å². The normalized spacial score (nSPS) is 55.1. The fourth-order valence-electron chi connectivity index (χ4n) is 7.61. The van der Waals surface area contributed by atoms with Crippen molar-refractivity contribution in [3.05, 3.63) is 11.6 Å². The molecule has 1 aliphatic heterocycles. The molecule has 0 bridgehead atoms. The first kappa shape index (κ1) is 16.8. The van der Waals surface area contributed by atoms with Crippen molar-refractivity contribution in [2.75, 3.05) is 19.6 Å². The van der Waals surface area contributed by atoms with E-state index in [9.17, 15) is 10.2 Å². The van der Waals surface area contributed by atoms with Gasteiger partial charge >= 0.3 is 0 Å². The van der Waals surface area contributed by atoms with Crippen molar-refractivity contribution in [3.63, 3.8) is 0 Å². The van der Waals surface area contributed by atoms with Crippen LogP contribution in [-0.4, -0.2) is 46.5 Å². The summed E-state index contributed by atoms with van der Waals surface area (Å²) in [4.78, 5) is 2.42. The van der Waals surface area contributed by atoms with E-state index in [1.54, 1.807) is 5.57 Å². The molecule has 1 saturated heterocycles. The highest BCUT2D eigenvalue weighted by molar-refractivity contribution is 5.26. The Bertz CT molecular complexity index is 599. The van der Waals surface area contributed by atoms with Gasteiger partial charge in [0.1, 0.15) is 0 Å². The van der Waals surface area contributed by atoms with Crippen LogP contribution in [0, 0.1) is 28.6 Å². The number of fused-ring (bicyclic) bond motifs is 5. The van der Waals surface area contributed by atoms with Crippen molar-refractivity contribution in [2.24, 2.45) is 28.6 Å². The molecule has 3 heteroatoms. The van der Waals surface area contributed by atoms with Crippen LogP contribution in [0.1, 0.15) is 65.2 Å². The molecule has 7 atom stereocenters. The van der Waals surface area contributed by atoms with Crippen LogP contribution in [0.4, 0.5) is 0 Å². The number of hydrogen-bond acceptors (Lipinski definition) is 3. The molecule has 5 rings (SSSR count). The van der Waals surface area contributed by atoms with Gasteiger partial charge in [0, 0.05) is 25.0 Å². The highest BCUT2D eigenvalue weighted by atomic mass is 16.3. The van der Waals surface area contributed by atoms with Crippen molar-refractivity contribution >= 4 is 0 Å². The van der Waals surface area contributed by atoms with Crippen LogP contribution in [-0.2, 0) is 0 Å². The Balaban J connectivity index is 1.45. The van der Waals surface area contributed by atoms with E-state index in [4.69, 9.17) is 0 Å².